The molecule has 0 aliphatic carbocycles. The average Bonchev–Trinajstić information content (AvgIpc) is 2.24. The third kappa shape index (κ3) is 13.5. The normalized spacial score (nSPS) is 11.3. The lowest BCUT2D eigenvalue weighted by Gasteiger charge is -2.19. The van der Waals surface area contributed by atoms with Crippen molar-refractivity contribution in [1.29, 1.82) is 0 Å². The summed E-state index contributed by atoms with van der Waals surface area (Å²) >= 11 is 5.44. The van der Waals surface area contributed by atoms with Crippen molar-refractivity contribution in [2.45, 2.75) is 32.8 Å². The zero-order valence-electron chi connectivity index (χ0n) is 11.5. The highest BCUT2D eigenvalue weighted by Gasteiger charge is 2.15. The van der Waals surface area contributed by atoms with Gasteiger partial charge in [0.05, 0.1) is 19.8 Å². The number of halogens is 1. The van der Waals surface area contributed by atoms with E-state index in [-0.39, 0.29) is 0 Å². The number of amides is 1. The molecule has 108 valence electrons. The minimum atomic E-state index is -0.458. The molecule has 0 saturated heterocycles. The van der Waals surface area contributed by atoms with Crippen LogP contribution in [0.2, 0.25) is 0 Å². The summed E-state index contributed by atoms with van der Waals surface area (Å²) in [6, 6.07) is 0. The predicted octanol–water partition coefficient (Wildman–Crippen LogP) is 2.17. The standard InChI is InChI=1S/C12H24ClNO4/c1-12(2,3)18-11(15)14-6-4-7-16-9-10-17-8-5-13/h4-10H2,1-3H3,(H,14,15). The van der Waals surface area contributed by atoms with Crippen LogP contribution in [0.4, 0.5) is 4.79 Å². The van der Waals surface area contributed by atoms with Crippen molar-refractivity contribution in [2.75, 3.05) is 38.9 Å². The molecule has 1 amide bonds. The Morgan fingerprint density at radius 2 is 1.72 bits per heavy atom. The first-order valence-electron chi connectivity index (χ1n) is 6.14. The molecule has 0 aromatic rings. The summed E-state index contributed by atoms with van der Waals surface area (Å²) in [5.74, 6) is 0.500. The highest BCUT2D eigenvalue weighted by molar-refractivity contribution is 6.17. The van der Waals surface area contributed by atoms with E-state index in [9.17, 15) is 4.79 Å². The van der Waals surface area contributed by atoms with Gasteiger partial charge in [0.1, 0.15) is 5.60 Å². The molecule has 0 aromatic heterocycles. The van der Waals surface area contributed by atoms with Crippen molar-refractivity contribution in [3.63, 3.8) is 0 Å². The number of alkyl halides is 1. The number of alkyl carbamates (subject to hydrolysis) is 1. The van der Waals surface area contributed by atoms with Crippen LogP contribution >= 0.6 is 11.6 Å². The maximum absolute atomic E-state index is 11.3. The lowest BCUT2D eigenvalue weighted by molar-refractivity contribution is 0.0467. The third-order valence-corrected chi connectivity index (χ3v) is 1.88. The molecule has 5 nitrogen and oxygen atoms in total. The second-order valence-corrected chi connectivity index (χ2v) is 5.07. The van der Waals surface area contributed by atoms with Crippen LogP contribution < -0.4 is 5.32 Å². The number of carbonyl (C=O) groups excluding carboxylic acids is 1. The van der Waals surface area contributed by atoms with Crippen LogP contribution in [-0.4, -0.2) is 50.5 Å². The van der Waals surface area contributed by atoms with Gasteiger partial charge in [-0.2, -0.15) is 0 Å². The first-order chi connectivity index (χ1) is 8.45. The zero-order valence-corrected chi connectivity index (χ0v) is 12.2. The number of carbonyl (C=O) groups is 1. The van der Waals surface area contributed by atoms with Gasteiger partial charge < -0.3 is 19.5 Å². The van der Waals surface area contributed by atoms with E-state index in [1.165, 1.54) is 0 Å². The molecule has 6 heteroatoms. The van der Waals surface area contributed by atoms with Crippen molar-refractivity contribution in [1.82, 2.24) is 5.32 Å². The predicted molar refractivity (Wildman–Crippen MR) is 71.2 cm³/mol. The van der Waals surface area contributed by atoms with Gasteiger partial charge in [0.2, 0.25) is 0 Å². The number of ether oxygens (including phenoxy) is 3. The number of hydrogen-bond donors (Lipinski definition) is 1. The second kappa shape index (κ2) is 10.4. The van der Waals surface area contributed by atoms with Crippen molar-refractivity contribution in [2.24, 2.45) is 0 Å². The van der Waals surface area contributed by atoms with Crippen LogP contribution in [0, 0.1) is 0 Å². The van der Waals surface area contributed by atoms with Gasteiger partial charge in [0, 0.05) is 19.0 Å². The molecule has 18 heavy (non-hydrogen) atoms. The monoisotopic (exact) mass is 281 g/mol. The van der Waals surface area contributed by atoms with E-state index in [4.69, 9.17) is 25.8 Å². The van der Waals surface area contributed by atoms with Gasteiger partial charge in [-0.05, 0) is 27.2 Å². The molecule has 0 bridgehead atoms. The van der Waals surface area contributed by atoms with Gasteiger partial charge in [0.15, 0.2) is 0 Å². The Kier molecular flexibility index (Phi) is 10.1. The number of hydrogen-bond acceptors (Lipinski definition) is 4. The van der Waals surface area contributed by atoms with E-state index in [1.54, 1.807) is 0 Å². The van der Waals surface area contributed by atoms with Gasteiger partial charge >= 0.3 is 6.09 Å². The molecule has 0 aromatic carbocycles. The first kappa shape index (κ1) is 17.5. The Hall–Kier alpha value is -0.520. The SMILES string of the molecule is CC(C)(C)OC(=O)NCCCOCCOCCCl. The highest BCUT2D eigenvalue weighted by atomic mass is 35.5. The van der Waals surface area contributed by atoms with E-state index in [2.05, 4.69) is 5.32 Å². The van der Waals surface area contributed by atoms with Crippen LogP contribution in [0.5, 0.6) is 0 Å². The fraction of sp³-hybridized carbons (Fsp3) is 0.917. The molecule has 0 heterocycles. The van der Waals surface area contributed by atoms with E-state index in [1.807, 2.05) is 20.8 Å². The summed E-state index contributed by atoms with van der Waals surface area (Å²) in [5, 5.41) is 2.66. The van der Waals surface area contributed by atoms with Crippen molar-refractivity contribution < 1.29 is 19.0 Å². The molecule has 0 aliphatic heterocycles. The summed E-state index contributed by atoms with van der Waals surface area (Å²) in [5.41, 5.74) is -0.458. The van der Waals surface area contributed by atoms with Gasteiger partial charge in [-0.25, -0.2) is 4.79 Å². The largest absolute Gasteiger partial charge is 0.444 e. The molecule has 1 N–H and O–H groups in total. The van der Waals surface area contributed by atoms with Gasteiger partial charge in [-0.1, -0.05) is 0 Å². The Bertz CT molecular complexity index is 219. The summed E-state index contributed by atoms with van der Waals surface area (Å²) in [4.78, 5) is 11.3. The fourth-order valence-corrected chi connectivity index (χ4v) is 1.16. The molecular formula is C12H24ClNO4. The van der Waals surface area contributed by atoms with Gasteiger partial charge in [-0.3, -0.25) is 0 Å². The summed E-state index contributed by atoms with van der Waals surface area (Å²) in [7, 11) is 0. The Labute approximate surface area is 114 Å². The van der Waals surface area contributed by atoms with Crippen LogP contribution in [0.25, 0.3) is 0 Å². The molecule has 0 unspecified atom stereocenters. The van der Waals surface area contributed by atoms with E-state index < -0.39 is 11.7 Å². The molecule has 0 aliphatic rings. The first-order valence-corrected chi connectivity index (χ1v) is 6.67. The van der Waals surface area contributed by atoms with Crippen LogP contribution in [0.3, 0.4) is 0 Å². The summed E-state index contributed by atoms with van der Waals surface area (Å²) in [6.45, 7) is 8.25. The Morgan fingerprint density at radius 3 is 2.28 bits per heavy atom. The molecule has 0 atom stereocenters. The molecule has 0 fully saturated rings. The maximum atomic E-state index is 11.3. The Balaban J connectivity index is 3.23. The molecule has 0 saturated carbocycles. The Morgan fingerprint density at radius 1 is 1.11 bits per heavy atom. The van der Waals surface area contributed by atoms with Crippen molar-refractivity contribution >= 4 is 17.7 Å². The number of rotatable bonds is 9. The van der Waals surface area contributed by atoms with E-state index in [0.29, 0.717) is 38.9 Å². The summed E-state index contributed by atoms with van der Waals surface area (Å²) in [6.07, 6.45) is 0.349. The maximum Gasteiger partial charge on any atom is 0.407 e. The van der Waals surface area contributed by atoms with E-state index in [0.717, 1.165) is 6.42 Å². The molecule has 0 radical (unpaired) electrons. The molecular weight excluding hydrogens is 258 g/mol. The second-order valence-electron chi connectivity index (χ2n) is 4.70. The minimum absolute atomic E-state index is 0.395. The smallest absolute Gasteiger partial charge is 0.407 e. The minimum Gasteiger partial charge on any atom is -0.444 e. The van der Waals surface area contributed by atoms with Gasteiger partial charge in [-0.15, -0.1) is 11.6 Å². The topological polar surface area (TPSA) is 56.8 Å². The van der Waals surface area contributed by atoms with E-state index >= 15 is 0 Å². The lowest BCUT2D eigenvalue weighted by Crippen LogP contribution is -2.33. The highest BCUT2D eigenvalue weighted by Crippen LogP contribution is 2.06. The van der Waals surface area contributed by atoms with Crippen molar-refractivity contribution in [3.8, 4) is 0 Å². The molecule has 0 rings (SSSR count). The van der Waals surface area contributed by atoms with Gasteiger partial charge in [0.25, 0.3) is 0 Å². The lowest BCUT2D eigenvalue weighted by atomic mass is 10.2. The zero-order chi connectivity index (χ0) is 13.9. The fourth-order valence-electron chi connectivity index (χ4n) is 1.06. The third-order valence-electron chi connectivity index (χ3n) is 1.73. The quantitative estimate of drug-likeness (QED) is 0.520. The van der Waals surface area contributed by atoms with Crippen molar-refractivity contribution in [3.05, 3.63) is 0 Å². The van der Waals surface area contributed by atoms with Crippen LogP contribution in [0.15, 0.2) is 0 Å². The average molecular weight is 282 g/mol. The van der Waals surface area contributed by atoms with Crippen LogP contribution in [0.1, 0.15) is 27.2 Å². The molecule has 0 spiro atoms. The number of nitrogens with one attached hydrogen (secondary N) is 1. The summed E-state index contributed by atoms with van der Waals surface area (Å²) < 4.78 is 15.5. The van der Waals surface area contributed by atoms with Crippen LogP contribution in [-0.2, 0) is 14.2 Å².